The first-order valence-corrected chi connectivity index (χ1v) is 8.65. The number of carbonyl (C=O) groups is 1. The molecular formula is C14H25N3O5S. The summed E-state index contributed by atoms with van der Waals surface area (Å²) in [6.45, 7) is 6.62. The highest BCUT2D eigenvalue weighted by atomic mass is 32.2. The van der Waals surface area contributed by atoms with Crippen LogP contribution in [0.15, 0.2) is 21.6 Å². The van der Waals surface area contributed by atoms with Crippen LogP contribution < -0.4 is 10.6 Å². The van der Waals surface area contributed by atoms with Crippen molar-refractivity contribution in [3.05, 3.63) is 17.9 Å². The molecule has 0 radical (unpaired) electrons. The van der Waals surface area contributed by atoms with Gasteiger partial charge in [0.1, 0.15) is 11.4 Å². The van der Waals surface area contributed by atoms with E-state index in [-0.39, 0.29) is 5.09 Å². The predicted molar refractivity (Wildman–Crippen MR) is 85.5 cm³/mol. The van der Waals surface area contributed by atoms with Crippen LogP contribution in [0.25, 0.3) is 0 Å². The Morgan fingerprint density at radius 1 is 1.26 bits per heavy atom. The van der Waals surface area contributed by atoms with Gasteiger partial charge in [-0.1, -0.05) is 0 Å². The molecule has 1 rings (SSSR count). The van der Waals surface area contributed by atoms with E-state index in [4.69, 9.17) is 9.15 Å². The average Bonchev–Trinajstić information content (AvgIpc) is 2.85. The molecule has 1 amide bonds. The maximum atomic E-state index is 11.9. The molecule has 9 heteroatoms. The number of sulfonamides is 1. The molecule has 1 aromatic rings. The Kier molecular flexibility index (Phi) is 6.60. The van der Waals surface area contributed by atoms with E-state index in [1.54, 1.807) is 26.8 Å². The molecule has 0 atom stereocenters. The summed E-state index contributed by atoms with van der Waals surface area (Å²) in [6, 6.07) is 3.02. The van der Waals surface area contributed by atoms with Crippen molar-refractivity contribution in [1.82, 2.24) is 14.9 Å². The zero-order chi connectivity index (χ0) is 17.7. The minimum atomic E-state index is -3.55. The molecule has 8 nitrogen and oxygen atoms in total. The summed E-state index contributed by atoms with van der Waals surface area (Å²) >= 11 is 0. The van der Waals surface area contributed by atoms with Crippen LogP contribution in [0.2, 0.25) is 0 Å². The molecule has 2 N–H and O–H groups in total. The van der Waals surface area contributed by atoms with E-state index in [1.807, 2.05) is 0 Å². The fraction of sp³-hybridized carbons (Fsp3) is 0.643. The molecule has 0 fully saturated rings. The van der Waals surface area contributed by atoms with E-state index >= 15 is 0 Å². The first kappa shape index (κ1) is 19.5. The van der Waals surface area contributed by atoms with Crippen LogP contribution in [-0.2, 0) is 21.3 Å². The van der Waals surface area contributed by atoms with Gasteiger partial charge in [0, 0.05) is 27.2 Å². The molecule has 23 heavy (non-hydrogen) atoms. The van der Waals surface area contributed by atoms with Crippen LogP contribution in [0.5, 0.6) is 0 Å². The van der Waals surface area contributed by atoms with Gasteiger partial charge in [0.2, 0.25) is 5.09 Å². The number of rotatable bonds is 7. The number of nitrogens with one attached hydrogen (secondary N) is 2. The largest absolute Gasteiger partial charge is 0.447 e. The zero-order valence-electron chi connectivity index (χ0n) is 14.2. The van der Waals surface area contributed by atoms with Gasteiger partial charge in [0.25, 0.3) is 10.0 Å². The maximum absolute atomic E-state index is 11.9. The van der Waals surface area contributed by atoms with Crippen LogP contribution in [0, 0.1) is 0 Å². The van der Waals surface area contributed by atoms with Gasteiger partial charge in [-0.15, -0.1) is 0 Å². The number of carbonyl (C=O) groups excluding carboxylic acids is 1. The maximum Gasteiger partial charge on any atom is 0.407 e. The van der Waals surface area contributed by atoms with E-state index in [1.165, 1.54) is 20.2 Å². The molecule has 0 aliphatic carbocycles. The lowest BCUT2D eigenvalue weighted by Crippen LogP contribution is -2.36. The molecule has 0 aliphatic rings. The molecule has 0 aliphatic heterocycles. The highest BCUT2D eigenvalue weighted by molar-refractivity contribution is 7.88. The molecule has 0 bridgehead atoms. The quantitative estimate of drug-likeness (QED) is 0.718. The molecule has 1 heterocycles. The predicted octanol–water partition coefficient (Wildman–Crippen LogP) is 1.14. The molecule has 0 saturated carbocycles. The summed E-state index contributed by atoms with van der Waals surface area (Å²) in [7, 11) is -0.669. The smallest absolute Gasteiger partial charge is 0.407 e. The van der Waals surface area contributed by atoms with Crippen molar-refractivity contribution in [2.75, 3.05) is 27.2 Å². The topological polar surface area (TPSA) is 101 Å². The Morgan fingerprint density at radius 2 is 1.91 bits per heavy atom. The first-order chi connectivity index (χ1) is 10.5. The Hall–Kier alpha value is -1.58. The van der Waals surface area contributed by atoms with E-state index < -0.39 is 21.7 Å². The van der Waals surface area contributed by atoms with E-state index in [0.717, 1.165) is 4.31 Å². The van der Waals surface area contributed by atoms with Gasteiger partial charge in [-0.05, 0) is 32.9 Å². The summed E-state index contributed by atoms with van der Waals surface area (Å²) in [5.41, 5.74) is -0.528. The minimum absolute atomic E-state index is 0.0915. The van der Waals surface area contributed by atoms with Gasteiger partial charge >= 0.3 is 6.09 Å². The fourth-order valence-corrected chi connectivity index (χ4v) is 2.36. The third-order valence-corrected chi connectivity index (χ3v) is 4.33. The van der Waals surface area contributed by atoms with E-state index in [2.05, 4.69) is 10.6 Å². The third-order valence-electron chi connectivity index (χ3n) is 2.64. The van der Waals surface area contributed by atoms with Crippen molar-refractivity contribution < 1.29 is 22.4 Å². The lowest BCUT2D eigenvalue weighted by atomic mass is 10.2. The number of alkyl carbamates (subject to hydrolysis) is 1. The summed E-state index contributed by atoms with van der Waals surface area (Å²) in [4.78, 5) is 11.4. The van der Waals surface area contributed by atoms with Crippen molar-refractivity contribution in [3.8, 4) is 0 Å². The molecule has 0 spiro atoms. The van der Waals surface area contributed by atoms with Gasteiger partial charge in [-0.25, -0.2) is 17.5 Å². The number of hydrogen-bond acceptors (Lipinski definition) is 6. The number of ether oxygens (including phenoxy) is 1. The second kappa shape index (κ2) is 7.80. The van der Waals surface area contributed by atoms with Crippen LogP contribution in [0.3, 0.4) is 0 Å². The Bertz CT molecular complexity index is 617. The standard InChI is InChI=1S/C14H25N3O5S/c1-14(2,3)22-13(18)16-9-8-15-10-11-6-7-12(21-11)23(19,20)17(4)5/h6-7,15H,8-10H2,1-5H3,(H,16,18). The average molecular weight is 347 g/mol. The van der Waals surface area contributed by atoms with E-state index in [0.29, 0.717) is 25.4 Å². The number of furan rings is 1. The first-order valence-electron chi connectivity index (χ1n) is 7.21. The van der Waals surface area contributed by atoms with Crippen molar-refractivity contribution in [3.63, 3.8) is 0 Å². The van der Waals surface area contributed by atoms with Crippen molar-refractivity contribution in [2.45, 2.75) is 38.0 Å². The fourth-order valence-electron chi connectivity index (χ4n) is 1.55. The van der Waals surface area contributed by atoms with Gasteiger partial charge in [0.05, 0.1) is 6.54 Å². The summed E-state index contributed by atoms with van der Waals surface area (Å²) < 4.78 is 35.2. The second-order valence-corrected chi connectivity index (χ2v) is 8.20. The minimum Gasteiger partial charge on any atom is -0.447 e. The molecule has 1 aromatic heterocycles. The van der Waals surface area contributed by atoms with Crippen molar-refractivity contribution in [1.29, 1.82) is 0 Å². The van der Waals surface area contributed by atoms with Gasteiger partial charge in [0.15, 0.2) is 0 Å². The van der Waals surface area contributed by atoms with Crippen LogP contribution in [0.1, 0.15) is 26.5 Å². The molecule has 0 aromatic carbocycles. The summed E-state index contributed by atoms with van der Waals surface area (Å²) in [6.07, 6.45) is -0.475. The zero-order valence-corrected chi connectivity index (χ0v) is 15.0. The molecule has 0 saturated heterocycles. The normalized spacial score (nSPS) is 12.4. The number of hydrogen-bond donors (Lipinski definition) is 2. The van der Waals surface area contributed by atoms with Crippen molar-refractivity contribution >= 4 is 16.1 Å². The Labute approximate surface area is 137 Å². The van der Waals surface area contributed by atoms with Crippen LogP contribution in [-0.4, -0.2) is 51.6 Å². The van der Waals surface area contributed by atoms with E-state index in [9.17, 15) is 13.2 Å². The molecule has 132 valence electrons. The van der Waals surface area contributed by atoms with Gasteiger partial charge in [-0.3, -0.25) is 0 Å². The molecule has 0 unspecified atom stereocenters. The lowest BCUT2D eigenvalue weighted by molar-refractivity contribution is 0.0528. The Morgan fingerprint density at radius 3 is 2.48 bits per heavy atom. The number of amides is 1. The van der Waals surface area contributed by atoms with Gasteiger partial charge < -0.3 is 19.8 Å². The summed E-state index contributed by atoms with van der Waals surface area (Å²) in [5.74, 6) is 0.502. The van der Waals surface area contributed by atoms with Crippen LogP contribution >= 0.6 is 0 Å². The SMILES string of the molecule is CN(C)S(=O)(=O)c1ccc(CNCCNC(=O)OC(C)(C)C)o1. The number of nitrogens with zero attached hydrogens (tertiary/aromatic N) is 1. The second-order valence-electron chi connectivity index (χ2n) is 6.11. The summed E-state index contributed by atoms with van der Waals surface area (Å²) in [5, 5.41) is 5.56. The lowest BCUT2D eigenvalue weighted by Gasteiger charge is -2.19. The molecular weight excluding hydrogens is 322 g/mol. The van der Waals surface area contributed by atoms with Gasteiger partial charge in [-0.2, -0.15) is 0 Å². The highest BCUT2D eigenvalue weighted by Gasteiger charge is 2.21. The monoisotopic (exact) mass is 347 g/mol. The third kappa shape index (κ3) is 6.59. The van der Waals surface area contributed by atoms with Crippen LogP contribution in [0.4, 0.5) is 4.79 Å². The Balaban J connectivity index is 2.33. The van der Waals surface area contributed by atoms with Crippen molar-refractivity contribution in [2.24, 2.45) is 0 Å². The highest BCUT2D eigenvalue weighted by Crippen LogP contribution is 2.16.